The molecule has 0 spiro atoms. The fourth-order valence-electron chi connectivity index (χ4n) is 3.60. The van der Waals surface area contributed by atoms with Gasteiger partial charge in [0.25, 0.3) is 0 Å². The van der Waals surface area contributed by atoms with Crippen LogP contribution in [0.2, 0.25) is 0 Å². The Hall–Kier alpha value is -4.25. The minimum Gasteiger partial charge on any atom is -0.465 e. The molecule has 3 heterocycles. The number of hydrogen-bond donors (Lipinski definition) is 1. The monoisotopic (exact) mass is 486 g/mol. The number of para-hydroxylation sites is 1. The highest BCUT2D eigenvalue weighted by molar-refractivity contribution is 7.99. The SMILES string of the molecule is Nc1ncnc2c1ncn2CCCOC(=O)CSc1nnc(-c2ccccc2)n1-c1ccccc1. The number of carbonyl (C=O) groups is 1. The molecule has 5 rings (SSSR count). The molecule has 0 aliphatic carbocycles. The lowest BCUT2D eigenvalue weighted by atomic mass is 10.2. The quantitative estimate of drug-likeness (QED) is 0.189. The maximum atomic E-state index is 12.4. The van der Waals surface area contributed by atoms with Crippen LogP contribution >= 0.6 is 11.8 Å². The van der Waals surface area contributed by atoms with Gasteiger partial charge in [0.1, 0.15) is 11.8 Å². The molecule has 2 N–H and O–H groups in total. The van der Waals surface area contributed by atoms with Crippen molar-refractivity contribution in [2.24, 2.45) is 0 Å². The van der Waals surface area contributed by atoms with E-state index < -0.39 is 0 Å². The Balaban J connectivity index is 1.20. The molecule has 0 radical (unpaired) electrons. The summed E-state index contributed by atoms with van der Waals surface area (Å²) in [6.45, 7) is 0.871. The van der Waals surface area contributed by atoms with E-state index in [4.69, 9.17) is 10.5 Å². The number of thioether (sulfide) groups is 1. The number of ether oxygens (including phenoxy) is 1. The lowest BCUT2D eigenvalue weighted by molar-refractivity contribution is -0.140. The van der Waals surface area contributed by atoms with E-state index in [2.05, 4.69) is 25.1 Å². The van der Waals surface area contributed by atoms with E-state index in [9.17, 15) is 4.79 Å². The molecular formula is C24H22N8O2S. The lowest BCUT2D eigenvalue weighted by Gasteiger charge is -2.10. The van der Waals surface area contributed by atoms with E-state index in [0.717, 1.165) is 11.3 Å². The zero-order valence-corrected chi connectivity index (χ0v) is 19.5. The molecule has 0 aliphatic heterocycles. The van der Waals surface area contributed by atoms with Crippen molar-refractivity contribution in [3.05, 3.63) is 73.3 Å². The summed E-state index contributed by atoms with van der Waals surface area (Å²) >= 11 is 1.29. The zero-order valence-electron chi connectivity index (χ0n) is 18.7. The molecule has 3 aromatic heterocycles. The van der Waals surface area contributed by atoms with Gasteiger partial charge >= 0.3 is 5.97 Å². The first-order chi connectivity index (χ1) is 17.2. The molecule has 35 heavy (non-hydrogen) atoms. The van der Waals surface area contributed by atoms with Gasteiger partial charge in [-0.3, -0.25) is 9.36 Å². The number of imidazole rings is 1. The molecule has 176 valence electrons. The Morgan fingerprint density at radius 1 is 0.971 bits per heavy atom. The number of esters is 1. The zero-order chi connectivity index (χ0) is 24.0. The standard InChI is InChI=1S/C24H22N8O2S/c25-21-20-23(27-15-26-21)31(16-28-20)12-7-13-34-19(33)14-35-24-30-29-22(17-8-3-1-4-9-17)32(24)18-10-5-2-6-11-18/h1-6,8-11,15-16H,7,12-14H2,(H2,25,26,27). The first-order valence-electron chi connectivity index (χ1n) is 11.0. The number of aryl methyl sites for hydroxylation is 1. The number of anilines is 1. The van der Waals surface area contributed by atoms with E-state index in [0.29, 0.717) is 40.9 Å². The highest BCUT2D eigenvalue weighted by Gasteiger charge is 2.17. The molecule has 0 saturated carbocycles. The van der Waals surface area contributed by atoms with Crippen LogP contribution in [0.1, 0.15) is 6.42 Å². The van der Waals surface area contributed by atoms with Crippen LogP contribution in [-0.2, 0) is 16.1 Å². The first kappa shape index (κ1) is 22.5. The number of carbonyl (C=O) groups excluding carboxylic acids is 1. The molecule has 5 aromatic rings. The maximum absolute atomic E-state index is 12.4. The Bertz CT molecular complexity index is 1440. The Morgan fingerprint density at radius 2 is 1.74 bits per heavy atom. The maximum Gasteiger partial charge on any atom is 0.316 e. The van der Waals surface area contributed by atoms with Crippen LogP contribution in [0.4, 0.5) is 5.82 Å². The van der Waals surface area contributed by atoms with Gasteiger partial charge in [0.2, 0.25) is 0 Å². The Morgan fingerprint density at radius 3 is 2.54 bits per heavy atom. The third kappa shape index (κ3) is 4.99. The summed E-state index contributed by atoms with van der Waals surface area (Å²) in [4.78, 5) is 24.8. The number of hydrogen-bond acceptors (Lipinski definition) is 9. The highest BCUT2D eigenvalue weighted by Crippen LogP contribution is 2.27. The largest absolute Gasteiger partial charge is 0.465 e. The fourth-order valence-corrected chi connectivity index (χ4v) is 4.35. The van der Waals surface area contributed by atoms with Gasteiger partial charge in [-0.05, 0) is 18.6 Å². The van der Waals surface area contributed by atoms with Crippen LogP contribution in [0.25, 0.3) is 28.2 Å². The van der Waals surface area contributed by atoms with Crippen molar-refractivity contribution in [3.8, 4) is 17.1 Å². The summed E-state index contributed by atoms with van der Waals surface area (Å²) in [5.74, 6) is 0.860. The minimum atomic E-state index is -0.319. The van der Waals surface area contributed by atoms with Crippen LogP contribution in [-0.4, -0.2) is 52.6 Å². The van der Waals surface area contributed by atoms with Gasteiger partial charge in [-0.15, -0.1) is 10.2 Å². The third-order valence-corrected chi connectivity index (χ3v) is 6.14. The molecule has 0 unspecified atom stereocenters. The summed E-state index contributed by atoms with van der Waals surface area (Å²) in [5, 5.41) is 9.35. The van der Waals surface area contributed by atoms with E-state index in [-0.39, 0.29) is 18.3 Å². The Kier molecular flexibility index (Phi) is 6.66. The summed E-state index contributed by atoms with van der Waals surface area (Å²) < 4.78 is 9.24. The number of benzene rings is 2. The second kappa shape index (κ2) is 10.3. The first-order valence-corrected chi connectivity index (χ1v) is 12.0. The van der Waals surface area contributed by atoms with Crippen molar-refractivity contribution >= 4 is 34.7 Å². The van der Waals surface area contributed by atoms with E-state index in [1.807, 2.05) is 69.8 Å². The predicted molar refractivity (Wildman–Crippen MR) is 133 cm³/mol. The van der Waals surface area contributed by atoms with Gasteiger partial charge in [-0.2, -0.15) is 0 Å². The molecule has 0 atom stereocenters. The predicted octanol–water partition coefficient (Wildman–Crippen LogP) is 3.38. The molecule has 0 bridgehead atoms. The topological polar surface area (TPSA) is 127 Å². The summed E-state index contributed by atoms with van der Waals surface area (Å²) in [7, 11) is 0. The van der Waals surface area contributed by atoms with Gasteiger partial charge in [0.15, 0.2) is 22.4 Å². The molecule has 0 fully saturated rings. The average Bonchev–Trinajstić information content (AvgIpc) is 3.52. The van der Waals surface area contributed by atoms with E-state index in [1.165, 1.54) is 18.1 Å². The van der Waals surface area contributed by atoms with Crippen molar-refractivity contribution < 1.29 is 9.53 Å². The van der Waals surface area contributed by atoms with Crippen LogP contribution in [0.3, 0.4) is 0 Å². The molecule has 0 aliphatic rings. The van der Waals surface area contributed by atoms with Gasteiger partial charge < -0.3 is 15.0 Å². The third-order valence-electron chi connectivity index (χ3n) is 5.23. The number of rotatable bonds is 9. The molecular weight excluding hydrogens is 464 g/mol. The van der Waals surface area contributed by atoms with Crippen LogP contribution in [0, 0.1) is 0 Å². The number of aromatic nitrogens is 7. The summed E-state index contributed by atoms with van der Waals surface area (Å²) in [6.07, 6.45) is 3.68. The van der Waals surface area contributed by atoms with Gasteiger partial charge in [0.05, 0.1) is 18.7 Å². The van der Waals surface area contributed by atoms with Gasteiger partial charge in [-0.25, -0.2) is 15.0 Å². The smallest absolute Gasteiger partial charge is 0.316 e. The van der Waals surface area contributed by atoms with Crippen molar-refractivity contribution in [2.75, 3.05) is 18.1 Å². The van der Waals surface area contributed by atoms with Crippen molar-refractivity contribution in [1.82, 2.24) is 34.3 Å². The average molecular weight is 487 g/mol. The molecule has 0 amide bonds. The fraction of sp³-hybridized carbons (Fsp3) is 0.167. The summed E-state index contributed by atoms with van der Waals surface area (Å²) in [6, 6.07) is 19.7. The second-order valence-electron chi connectivity index (χ2n) is 7.57. The molecule has 2 aromatic carbocycles. The highest BCUT2D eigenvalue weighted by atomic mass is 32.2. The number of nitrogens with two attached hydrogens (primary N) is 1. The van der Waals surface area contributed by atoms with E-state index >= 15 is 0 Å². The normalized spacial score (nSPS) is 11.1. The van der Waals surface area contributed by atoms with Crippen molar-refractivity contribution in [1.29, 1.82) is 0 Å². The van der Waals surface area contributed by atoms with Crippen LogP contribution < -0.4 is 5.73 Å². The number of nitrogen functional groups attached to an aromatic ring is 1. The van der Waals surface area contributed by atoms with Crippen molar-refractivity contribution in [2.45, 2.75) is 18.1 Å². The molecule has 11 heteroatoms. The van der Waals surface area contributed by atoms with E-state index in [1.54, 1.807) is 6.33 Å². The van der Waals surface area contributed by atoms with Gasteiger partial charge in [-0.1, -0.05) is 60.3 Å². The second-order valence-corrected chi connectivity index (χ2v) is 8.52. The number of fused-ring (bicyclic) bond motifs is 1. The van der Waals surface area contributed by atoms with Crippen LogP contribution in [0.5, 0.6) is 0 Å². The van der Waals surface area contributed by atoms with Crippen molar-refractivity contribution in [3.63, 3.8) is 0 Å². The summed E-state index contributed by atoms with van der Waals surface area (Å²) in [5.41, 5.74) is 8.91. The Labute approximate surface area is 205 Å². The number of nitrogens with zero attached hydrogens (tertiary/aromatic N) is 7. The van der Waals surface area contributed by atoms with Gasteiger partial charge in [0, 0.05) is 17.8 Å². The lowest BCUT2D eigenvalue weighted by Crippen LogP contribution is -2.11. The minimum absolute atomic E-state index is 0.123. The molecule has 0 saturated heterocycles. The van der Waals surface area contributed by atoms with Crippen LogP contribution in [0.15, 0.2) is 78.5 Å². The molecule has 10 nitrogen and oxygen atoms in total.